The third-order valence-electron chi connectivity index (χ3n) is 30.0. The molecule has 0 bridgehead atoms. The highest BCUT2D eigenvalue weighted by Crippen LogP contribution is 2.50. The molecule has 0 saturated heterocycles. The number of allylic oxidation sites excluding steroid dienone is 25. The van der Waals surface area contributed by atoms with Crippen LogP contribution < -0.4 is 61.4 Å². The monoisotopic (exact) mass is 1960 g/mol. The van der Waals surface area contributed by atoms with Crippen LogP contribution in [0.5, 0.6) is 11.5 Å². The molecule has 0 spiro atoms. The van der Waals surface area contributed by atoms with Gasteiger partial charge in [0.25, 0.3) is 0 Å². The van der Waals surface area contributed by atoms with Crippen LogP contribution in [-0.4, -0.2) is 212 Å². The zero-order valence-electron chi connectivity index (χ0n) is 88.5. The number of benzene rings is 10. The molecule has 13 nitrogen and oxygen atoms in total. The van der Waals surface area contributed by atoms with Gasteiger partial charge in [0.05, 0.1) is 18.7 Å². The molecule has 0 atom stereocenters. The minimum absolute atomic E-state index is 0.328. The number of para-hydroxylation sites is 2. The van der Waals surface area contributed by atoms with E-state index >= 15 is 0 Å². The number of nitrogens with two attached hydrogens (primary N) is 2. The van der Waals surface area contributed by atoms with Gasteiger partial charge in [-0.15, -0.1) is 0 Å². The number of hydrogen-bond acceptors (Lipinski definition) is 8. The molecule has 18 heteroatoms. The van der Waals surface area contributed by atoms with Gasteiger partial charge in [0.2, 0.25) is 0 Å². The third-order valence-corrected chi connectivity index (χ3v) is 47.6. The minimum atomic E-state index is -1.95. The Hall–Kier alpha value is -14.2. The zero-order valence-corrected chi connectivity index (χ0v) is 93.5. The van der Waals surface area contributed by atoms with E-state index in [-0.39, 0.29) is 0 Å². The Kier molecular flexibility index (Phi) is 28.2. The lowest BCUT2D eigenvalue weighted by atomic mass is 9.87. The first-order valence-corrected chi connectivity index (χ1v) is 64.2. The average molecular weight is 1960 g/mol. The van der Waals surface area contributed by atoms with Crippen LogP contribution in [0.4, 0.5) is 28.4 Å². The molecule has 5 aliphatic carbocycles. The van der Waals surface area contributed by atoms with Gasteiger partial charge in [-0.05, 0) is 268 Å². The fourth-order valence-corrected chi connectivity index (χ4v) is 37.1. The third kappa shape index (κ3) is 18.7. The maximum Gasteiger partial charge on any atom is 0.199 e. The number of methoxy groups -OCH3 is 1. The second-order valence-electron chi connectivity index (χ2n) is 42.7. The van der Waals surface area contributed by atoms with Gasteiger partial charge in [-0.3, -0.25) is 5.41 Å². The summed E-state index contributed by atoms with van der Waals surface area (Å²) in [5.74, 6) is 1.24. The van der Waals surface area contributed by atoms with Crippen LogP contribution in [0.2, 0.25) is 65.5 Å². The van der Waals surface area contributed by atoms with Gasteiger partial charge >= 0.3 is 0 Å². The standard InChI is InChI=1S/C26H28N3Si.C26H31N2OSi.C25H28N2OSi.C25H29N2Si.C22H22N2Si/c1-28(2)19-11-13-22-24(15-19)30(5,6)25-16-20(29(3)4)12-14-23(25)26(22)21-10-8-7-9-18(21)17-27;1-27(2)18-12-14-21-24(16-18)30(6,7)25-17-19(28(3)4)13-15-22(25)26(21)20-10-8-9-11-23(20)29-5;1-26(2)17-11-13-20-23(15-17)29(5,6)24-16-18(27(3)4)12-14-21(24)25(20)19-9-7-8-10-22(19)28;1-26(2)19-12-14-21-23(16-19)28(5,6)24-17-20(27(3)4)13-15-22(24)25(21)18-10-8-7-9-11-18;1-14-6-4-5-7-17(14)22-18-10-8-15(23)12-20(18)25(2,3)21-13-16(24)9-11-19(21)22/h7-16H,1-6H3;8-17H,1-7H3;7-16H,1-6H3;7-17H,1-6H3;4-13,23H,24H2,1-3H3/q2*+1;;+1;/p+2. The quantitative estimate of drug-likeness (QED) is 0.0701. The van der Waals surface area contributed by atoms with Crippen molar-refractivity contribution in [2.24, 2.45) is 0 Å². The largest absolute Gasteiger partial charge is 0.507 e. The van der Waals surface area contributed by atoms with Crippen LogP contribution in [0.3, 0.4) is 0 Å². The second kappa shape index (κ2) is 39.7. The summed E-state index contributed by atoms with van der Waals surface area (Å²) >= 11 is 0. The average Bonchev–Trinajstić information content (AvgIpc) is 0.906. The summed E-state index contributed by atoms with van der Waals surface area (Å²) in [5, 5.41) is 41.2. The van der Waals surface area contributed by atoms with Gasteiger partial charge in [0.1, 0.15) is 108 Å². The summed E-state index contributed by atoms with van der Waals surface area (Å²) in [5.41, 5.74) is 44.8. The van der Waals surface area contributed by atoms with E-state index in [2.05, 4.69) is 478 Å². The number of phenols is 1. The zero-order chi connectivity index (χ0) is 102. The highest BCUT2D eigenvalue weighted by molar-refractivity contribution is 7.00. The summed E-state index contributed by atoms with van der Waals surface area (Å²) < 4.78 is 14.5. The number of rotatable bonds is 10. The Balaban J connectivity index is 0.000000128. The van der Waals surface area contributed by atoms with E-state index in [1.807, 2.05) is 54.6 Å². The molecule has 10 aliphatic rings. The molecule has 0 fully saturated rings. The molecule has 0 unspecified atom stereocenters. The van der Waals surface area contributed by atoms with Gasteiger partial charge in [0.15, 0.2) is 28.6 Å². The first-order chi connectivity index (χ1) is 67.4. The molecule has 5 N–H and O–H groups in total. The molecule has 718 valence electrons. The first-order valence-electron chi connectivity index (χ1n) is 49.2. The van der Waals surface area contributed by atoms with E-state index in [1.165, 1.54) is 192 Å². The molecule has 0 amide bonds. The Morgan fingerprint density at radius 2 is 0.613 bits per heavy atom. The van der Waals surface area contributed by atoms with Crippen molar-refractivity contribution in [1.82, 2.24) is 0 Å². The van der Waals surface area contributed by atoms with Crippen LogP contribution in [0, 0.1) is 18.3 Å². The van der Waals surface area contributed by atoms with Crippen LogP contribution in [-0.2, 0) is 0 Å². The van der Waals surface area contributed by atoms with Gasteiger partial charge in [-0.25, -0.2) is 18.3 Å². The molecule has 142 heavy (non-hydrogen) atoms. The fraction of sp³-hybridized carbons (Fsp3) is 0.226. The number of fused-ring (bicyclic) bond motifs is 10. The Bertz CT molecular complexity index is 7640. The number of aryl methyl sites for hydroxylation is 1. The van der Waals surface area contributed by atoms with E-state index in [0.717, 1.165) is 45.0 Å². The van der Waals surface area contributed by atoms with Crippen molar-refractivity contribution in [2.45, 2.75) is 72.4 Å². The molecule has 10 aromatic carbocycles. The SMILES string of the molecule is CN(C)c1ccc2c(c1)[Si](C)(C)C1=CC(=[N+](C)C)C=CC1=C2c1ccccc1.CN(C)c1ccc2c(c1)[Si](C)(C)C1=CC(=[N+](C)C)C=CC1=C2c1ccccc1C#N.CN(C)c1ccc2c(c1)[Si](C)(C)C1=CC(=[N+](C)C)C=CC1=C2c1ccccc1O.COc1ccccc1C1=C2C=CC(=[N+](C)C)C=C2[Si](C)(C)c2cc(N(C)C)ccc21.Cc1ccccc1C1=C2C=CC(=[NH2+])C=C2[Si](C)(C)c2cc(N)ccc21. The topological polar surface area (TPSA) is 130 Å². The number of anilines is 5. The Morgan fingerprint density at radius 3 is 0.986 bits per heavy atom. The van der Waals surface area contributed by atoms with Crippen molar-refractivity contribution >= 4 is 151 Å². The molecule has 5 aliphatic heterocycles. The highest BCUT2D eigenvalue weighted by atomic mass is 28.3. The van der Waals surface area contributed by atoms with E-state index in [0.29, 0.717) is 5.75 Å². The summed E-state index contributed by atoms with van der Waals surface area (Å²) in [7, 11) is 25.9. The molecule has 20 rings (SSSR count). The van der Waals surface area contributed by atoms with E-state index < -0.39 is 40.4 Å². The number of nitriles is 1. The van der Waals surface area contributed by atoms with Crippen molar-refractivity contribution in [3.63, 3.8) is 0 Å². The first kappa shape index (κ1) is 101. The van der Waals surface area contributed by atoms with Crippen LogP contribution >= 0.6 is 0 Å². The molecule has 0 saturated carbocycles. The van der Waals surface area contributed by atoms with Crippen molar-refractivity contribution < 1.29 is 33.6 Å². The number of phenolic OH excluding ortho intramolecular Hbond substituents is 1. The summed E-state index contributed by atoms with van der Waals surface area (Å²) in [6.07, 6.45) is 33.9. The van der Waals surface area contributed by atoms with E-state index in [9.17, 15) is 10.4 Å². The Morgan fingerprint density at radius 1 is 0.317 bits per heavy atom. The van der Waals surface area contributed by atoms with Crippen molar-refractivity contribution in [2.75, 3.05) is 145 Å². The molecular formula is C124H140N11O2Si5+5. The fourth-order valence-electron chi connectivity index (χ4n) is 21.7. The van der Waals surface area contributed by atoms with Gasteiger partial charge in [0, 0.05) is 162 Å². The number of nitrogen functional groups attached to an aromatic ring is 1. The summed E-state index contributed by atoms with van der Waals surface area (Å²) in [6, 6.07) is 79.8. The normalized spacial score (nSPS) is 17.0. The lowest BCUT2D eigenvalue weighted by Gasteiger charge is -2.38. The molecule has 0 aromatic heterocycles. The predicted molar refractivity (Wildman–Crippen MR) is 621 cm³/mol. The van der Waals surface area contributed by atoms with Crippen LogP contribution in [0.1, 0.15) is 66.8 Å². The maximum absolute atomic E-state index is 10.7. The van der Waals surface area contributed by atoms with Gasteiger partial charge in [-0.2, -0.15) is 5.26 Å². The number of nitrogens with zero attached hydrogens (tertiary/aromatic N) is 9. The minimum Gasteiger partial charge on any atom is -0.507 e. The maximum atomic E-state index is 10.7. The number of aromatic hydroxyl groups is 1. The Labute approximate surface area is 849 Å². The van der Waals surface area contributed by atoms with Gasteiger partial charge < -0.3 is 35.2 Å². The molecule has 5 heterocycles. The van der Waals surface area contributed by atoms with Crippen molar-refractivity contribution in [3.8, 4) is 17.6 Å². The van der Waals surface area contributed by atoms with Crippen molar-refractivity contribution in [1.29, 1.82) is 5.26 Å². The lowest BCUT2D eigenvalue weighted by Crippen LogP contribution is -2.50. The summed E-state index contributed by atoms with van der Waals surface area (Å²) in [6.45, 7) is 26.6. The molecule has 10 aromatic rings. The smallest absolute Gasteiger partial charge is 0.199 e. The molecule has 0 radical (unpaired) electrons. The van der Waals surface area contributed by atoms with E-state index in [4.69, 9.17) is 15.9 Å². The second-order valence-corrected chi connectivity index (χ2v) is 64.3. The number of ether oxygens (including phenoxy) is 1. The van der Waals surface area contributed by atoms with Crippen LogP contribution in [0.25, 0.3) is 27.9 Å². The van der Waals surface area contributed by atoms with Crippen LogP contribution in [0.15, 0.2) is 363 Å². The summed E-state index contributed by atoms with van der Waals surface area (Å²) in [4.78, 5) is 8.73. The predicted octanol–water partition coefficient (Wildman–Crippen LogP) is 19.1. The van der Waals surface area contributed by atoms with E-state index in [1.54, 1.807) is 13.2 Å². The molecular weight excluding hydrogens is 1820 g/mol. The van der Waals surface area contributed by atoms with Crippen molar-refractivity contribution in [3.05, 3.63) is 430 Å². The lowest BCUT2D eigenvalue weighted by molar-refractivity contribution is -0.462. The van der Waals surface area contributed by atoms with Gasteiger partial charge in [-0.1, -0.05) is 205 Å². The number of hydrogen-bond donors (Lipinski definition) is 3. The highest BCUT2D eigenvalue weighted by Gasteiger charge is 2.47.